The maximum atomic E-state index is 12.1. The first kappa shape index (κ1) is 15.7. The SMILES string of the molecule is COC(=O)Nc1ccc(C)[n+]([O-])c1C(=O)OC(C)(C)C. The number of carbonyl (C=O) groups excluding carboxylic acids is 2. The second-order valence-corrected chi connectivity index (χ2v) is 5.15. The molecule has 1 aromatic rings. The van der Waals surface area contributed by atoms with Crippen LogP contribution in [0.25, 0.3) is 0 Å². The van der Waals surface area contributed by atoms with Crippen LogP contribution in [0.1, 0.15) is 37.0 Å². The molecule has 0 aliphatic carbocycles. The molecular formula is C13H18N2O5. The fourth-order valence-corrected chi connectivity index (χ4v) is 1.42. The third-order valence-corrected chi connectivity index (χ3v) is 2.28. The molecule has 1 aromatic heterocycles. The van der Waals surface area contributed by atoms with Crippen molar-refractivity contribution >= 4 is 17.7 Å². The maximum Gasteiger partial charge on any atom is 0.411 e. The van der Waals surface area contributed by atoms with Crippen LogP contribution in [0.2, 0.25) is 0 Å². The highest BCUT2D eigenvalue weighted by Gasteiger charge is 2.29. The summed E-state index contributed by atoms with van der Waals surface area (Å²) in [6, 6.07) is 2.92. The van der Waals surface area contributed by atoms with Crippen LogP contribution in [0.4, 0.5) is 10.5 Å². The topological polar surface area (TPSA) is 91.6 Å². The lowest BCUT2D eigenvalue weighted by molar-refractivity contribution is -0.614. The van der Waals surface area contributed by atoms with E-state index in [1.54, 1.807) is 27.7 Å². The standard InChI is InChI=1S/C13H18N2O5/c1-8-6-7-9(14-12(17)19-5)10(15(8)18)11(16)20-13(2,3)4/h6-7H,1-5H3,(H,14,17). The van der Waals surface area contributed by atoms with Crippen LogP contribution < -0.4 is 10.0 Å². The monoisotopic (exact) mass is 282 g/mol. The molecule has 0 bridgehead atoms. The van der Waals surface area contributed by atoms with E-state index in [0.717, 1.165) is 0 Å². The van der Waals surface area contributed by atoms with Gasteiger partial charge in [0, 0.05) is 13.0 Å². The van der Waals surface area contributed by atoms with Crippen molar-refractivity contribution in [2.24, 2.45) is 0 Å². The number of anilines is 1. The summed E-state index contributed by atoms with van der Waals surface area (Å²) in [5.74, 6) is -0.817. The first-order chi connectivity index (χ1) is 9.15. The maximum absolute atomic E-state index is 12.1. The quantitative estimate of drug-likeness (QED) is 0.507. The predicted octanol–water partition coefficient (Wildman–Crippen LogP) is 1.76. The molecule has 1 N–H and O–H groups in total. The van der Waals surface area contributed by atoms with Gasteiger partial charge in [0.05, 0.1) is 7.11 Å². The zero-order valence-corrected chi connectivity index (χ0v) is 12.1. The molecule has 1 amide bonds. The van der Waals surface area contributed by atoms with Crippen molar-refractivity contribution in [2.75, 3.05) is 12.4 Å². The summed E-state index contributed by atoms with van der Waals surface area (Å²) >= 11 is 0. The Hall–Kier alpha value is -2.31. The Morgan fingerprint density at radius 1 is 1.30 bits per heavy atom. The molecule has 7 heteroatoms. The summed E-state index contributed by atoms with van der Waals surface area (Å²) in [7, 11) is 1.18. The number of hydrogen-bond acceptors (Lipinski definition) is 5. The van der Waals surface area contributed by atoms with Crippen LogP contribution in [-0.2, 0) is 9.47 Å². The van der Waals surface area contributed by atoms with Gasteiger partial charge < -0.3 is 14.7 Å². The molecule has 0 atom stereocenters. The van der Waals surface area contributed by atoms with Crippen molar-refractivity contribution in [3.05, 3.63) is 28.7 Å². The number of aromatic nitrogens is 1. The predicted molar refractivity (Wildman–Crippen MR) is 71.3 cm³/mol. The minimum Gasteiger partial charge on any atom is -0.618 e. The summed E-state index contributed by atoms with van der Waals surface area (Å²) in [5.41, 5.74) is -0.700. The molecule has 20 heavy (non-hydrogen) atoms. The van der Waals surface area contributed by atoms with E-state index >= 15 is 0 Å². The van der Waals surface area contributed by atoms with Crippen LogP contribution in [0.3, 0.4) is 0 Å². The van der Waals surface area contributed by atoms with Gasteiger partial charge in [-0.3, -0.25) is 5.32 Å². The number of carbonyl (C=O) groups is 2. The number of ether oxygens (including phenoxy) is 2. The fraction of sp³-hybridized carbons (Fsp3) is 0.462. The molecule has 0 aliphatic heterocycles. The molecule has 0 radical (unpaired) electrons. The summed E-state index contributed by atoms with van der Waals surface area (Å²) in [4.78, 5) is 23.3. The molecule has 0 unspecified atom stereocenters. The Labute approximate surface area is 117 Å². The van der Waals surface area contributed by atoms with Crippen molar-refractivity contribution in [2.45, 2.75) is 33.3 Å². The third kappa shape index (κ3) is 3.84. The molecular weight excluding hydrogens is 264 g/mol. The molecule has 1 heterocycles. The van der Waals surface area contributed by atoms with Crippen molar-refractivity contribution in [3.63, 3.8) is 0 Å². The van der Waals surface area contributed by atoms with E-state index in [1.807, 2.05) is 0 Å². The van der Waals surface area contributed by atoms with Gasteiger partial charge in [0.25, 0.3) is 0 Å². The van der Waals surface area contributed by atoms with E-state index in [1.165, 1.54) is 19.2 Å². The Bertz CT molecular complexity index is 534. The smallest absolute Gasteiger partial charge is 0.411 e. The number of rotatable bonds is 2. The molecule has 0 aromatic carbocycles. The first-order valence-corrected chi connectivity index (χ1v) is 5.97. The second kappa shape index (κ2) is 5.77. The van der Waals surface area contributed by atoms with Crippen LogP contribution in [0.5, 0.6) is 0 Å². The summed E-state index contributed by atoms with van der Waals surface area (Å²) in [6.07, 6.45) is -0.779. The number of nitrogens with zero attached hydrogens (tertiary/aromatic N) is 1. The van der Waals surface area contributed by atoms with Gasteiger partial charge in [-0.1, -0.05) is 0 Å². The number of nitrogens with one attached hydrogen (secondary N) is 1. The van der Waals surface area contributed by atoms with E-state index in [4.69, 9.17) is 4.74 Å². The van der Waals surface area contributed by atoms with E-state index in [-0.39, 0.29) is 11.4 Å². The van der Waals surface area contributed by atoms with Crippen LogP contribution in [0, 0.1) is 12.1 Å². The zero-order chi connectivity index (χ0) is 15.5. The third-order valence-electron chi connectivity index (χ3n) is 2.28. The molecule has 0 saturated heterocycles. The largest absolute Gasteiger partial charge is 0.618 e. The first-order valence-electron chi connectivity index (χ1n) is 5.97. The van der Waals surface area contributed by atoms with E-state index in [0.29, 0.717) is 10.4 Å². The van der Waals surface area contributed by atoms with Gasteiger partial charge >= 0.3 is 17.8 Å². The average molecular weight is 282 g/mol. The molecule has 1 rings (SSSR count). The molecule has 0 spiro atoms. The lowest BCUT2D eigenvalue weighted by Gasteiger charge is -2.20. The van der Waals surface area contributed by atoms with Crippen molar-refractivity contribution in [3.8, 4) is 0 Å². The second-order valence-electron chi connectivity index (χ2n) is 5.15. The number of methoxy groups -OCH3 is 1. The molecule has 110 valence electrons. The Balaban J connectivity index is 3.23. The number of esters is 1. The van der Waals surface area contributed by atoms with Crippen molar-refractivity contribution in [1.82, 2.24) is 0 Å². The molecule has 0 fully saturated rings. The summed E-state index contributed by atoms with van der Waals surface area (Å²) in [5, 5.41) is 14.3. The van der Waals surface area contributed by atoms with Gasteiger partial charge in [-0.25, -0.2) is 9.59 Å². The van der Waals surface area contributed by atoms with Gasteiger partial charge in [0.1, 0.15) is 11.3 Å². The van der Waals surface area contributed by atoms with E-state index in [2.05, 4.69) is 10.1 Å². The Kier molecular flexibility index (Phi) is 4.54. The van der Waals surface area contributed by atoms with Crippen LogP contribution in [-0.4, -0.2) is 24.8 Å². The van der Waals surface area contributed by atoms with Crippen LogP contribution in [0.15, 0.2) is 12.1 Å². The highest BCUT2D eigenvalue weighted by Crippen LogP contribution is 2.17. The van der Waals surface area contributed by atoms with Crippen molar-refractivity contribution < 1.29 is 23.8 Å². The number of amides is 1. The molecule has 7 nitrogen and oxygen atoms in total. The minimum absolute atomic E-state index is 0.0340. The van der Waals surface area contributed by atoms with Crippen molar-refractivity contribution in [1.29, 1.82) is 0 Å². The Morgan fingerprint density at radius 2 is 1.90 bits per heavy atom. The molecule has 0 aliphatic rings. The average Bonchev–Trinajstić information content (AvgIpc) is 2.31. The number of aryl methyl sites for hydroxylation is 1. The highest BCUT2D eigenvalue weighted by atomic mass is 16.6. The van der Waals surface area contributed by atoms with E-state index in [9.17, 15) is 14.8 Å². The van der Waals surface area contributed by atoms with Gasteiger partial charge in [0.2, 0.25) is 0 Å². The Morgan fingerprint density at radius 3 is 2.40 bits per heavy atom. The number of pyridine rings is 1. The lowest BCUT2D eigenvalue weighted by Crippen LogP contribution is -2.41. The molecule has 0 saturated carbocycles. The fourth-order valence-electron chi connectivity index (χ4n) is 1.42. The van der Waals surface area contributed by atoms with Crippen LogP contribution >= 0.6 is 0 Å². The van der Waals surface area contributed by atoms with Gasteiger partial charge in [-0.15, -0.1) is 0 Å². The number of hydrogen-bond donors (Lipinski definition) is 1. The normalized spacial score (nSPS) is 10.8. The lowest BCUT2D eigenvalue weighted by atomic mass is 10.2. The highest BCUT2D eigenvalue weighted by molar-refractivity contribution is 5.96. The van der Waals surface area contributed by atoms with Gasteiger partial charge in [-0.2, -0.15) is 4.73 Å². The zero-order valence-electron chi connectivity index (χ0n) is 12.1. The summed E-state index contributed by atoms with van der Waals surface area (Å²) in [6.45, 7) is 6.60. The van der Waals surface area contributed by atoms with Gasteiger partial charge in [0.15, 0.2) is 5.69 Å². The minimum atomic E-state index is -0.817. The van der Waals surface area contributed by atoms with E-state index < -0.39 is 17.7 Å². The van der Waals surface area contributed by atoms with Gasteiger partial charge in [-0.05, 0) is 26.8 Å². The summed E-state index contributed by atoms with van der Waals surface area (Å²) < 4.78 is 10.0.